The maximum absolute atomic E-state index is 13.2. The normalized spacial score (nSPS) is 18.3. The Morgan fingerprint density at radius 3 is 2.72 bits per heavy atom. The molecule has 0 saturated carbocycles. The summed E-state index contributed by atoms with van der Waals surface area (Å²) < 4.78 is 0. The van der Waals surface area contributed by atoms with E-state index in [4.69, 9.17) is 0 Å². The molecular weight excluding hydrogens is 318 g/mol. The van der Waals surface area contributed by atoms with Gasteiger partial charge >= 0.3 is 0 Å². The number of carbonyl (C=O) groups excluding carboxylic acids is 2. The predicted molar refractivity (Wildman–Crippen MR) is 96.7 cm³/mol. The maximum Gasteiger partial charge on any atom is 0.255 e. The number of carbonyl (C=O) groups is 2. The fourth-order valence-electron chi connectivity index (χ4n) is 3.47. The lowest BCUT2D eigenvalue weighted by Gasteiger charge is -2.29. The number of hydrogen-bond donors (Lipinski definition) is 1. The van der Waals surface area contributed by atoms with Crippen LogP contribution < -0.4 is 5.56 Å². The average molecular weight is 341 g/mol. The Morgan fingerprint density at radius 1 is 1.24 bits per heavy atom. The SMILES string of the molecule is Cc1c(C(=O)N(C)C2CCCCN(C)C2=O)c2ccccc2[nH]c1=O. The topological polar surface area (TPSA) is 73.5 Å². The molecule has 1 aromatic heterocycles. The van der Waals surface area contributed by atoms with Gasteiger partial charge in [0, 0.05) is 37.1 Å². The Balaban J connectivity index is 2.06. The largest absolute Gasteiger partial charge is 0.344 e. The second-order valence-corrected chi connectivity index (χ2v) is 6.69. The van der Waals surface area contributed by atoms with E-state index in [0.717, 1.165) is 12.8 Å². The molecule has 132 valence electrons. The highest BCUT2D eigenvalue weighted by Crippen LogP contribution is 2.22. The van der Waals surface area contributed by atoms with E-state index < -0.39 is 6.04 Å². The predicted octanol–water partition coefficient (Wildman–Crippen LogP) is 1.92. The van der Waals surface area contributed by atoms with Crippen molar-refractivity contribution in [2.24, 2.45) is 0 Å². The Kier molecular flexibility index (Phi) is 4.61. The highest BCUT2D eigenvalue weighted by Gasteiger charge is 2.32. The number of aromatic nitrogens is 1. The lowest BCUT2D eigenvalue weighted by Crippen LogP contribution is -2.47. The minimum absolute atomic E-state index is 0.0415. The minimum Gasteiger partial charge on any atom is -0.344 e. The highest BCUT2D eigenvalue weighted by molar-refractivity contribution is 6.08. The molecule has 2 amide bonds. The number of aromatic amines is 1. The first-order valence-electron chi connectivity index (χ1n) is 8.55. The molecule has 0 bridgehead atoms. The van der Waals surface area contributed by atoms with Gasteiger partial charge in [0.1, 0.15) is 6.04 Å². The summed E-state index contributed by atoms with van der Waals surface area (Å²) >= 11 is 0. The quantitative estimate of drug-likeness (QED) is 0.907. The third kappa shape index (κ3) is 3.04. The number of benzene rings is 1. The molecule has 1 saturated heterocycles. The number of rotatable bonds is 2. The first-order chi connectivity index (χ1) is 11.9. The number of hydrogen-bond acceptors (Lipinski definition) is 3. The second-order valence-electron chi connectivity index (χ2n) is 6.69. The maximum atomic E-state index is 13.2. The lowest BCUT2D eigenvalue weighted by atomic mass is 10.0. The number of H-pyrrole nitrogens is 1. The van der Waals surface area contributed by atoms with E-state index in [1.165, 1.54) is 4.90 Å². The van der Waals surface area contributed by atoms with Crippen LogP contribution in [0.25, 0.3) is 10.9 Å². The standard InChI is InChI=1S/C19H23N3O3/c1-12-16(13-8-4-5-9-14(13)20-17(12)23)19(25)22(3)15-10-6-7-11-21(2)18(15)24/h4-5,8-9,15H,6-7,10-11H2,1-3H3,(H,20,23). The molecule has 1 unspecified atom stereocenters. The van der Waals surface area contributed by atoms with Crippen molar-refractivity contribution in [2.45, 2.75) is 32.2 Å². The van der Waals surface area contributed by atoms with Crippen LogP contribution in [0.2, 0.25) is 0 Å². The van der Waals surface area contributed by atoms with E-state index >= 15 is 0 Å². The summed E-state index contributed by atoms with van der Waals surface area (Å²) in [5.74, 6) is -0.325. The summed E-state index contributed by atoms with van der Waals surface area (Å²) in [5, 5.41) is 0.700. The molecule has 1 aromatic carbocycles. The minimum atomic E-state index is -0.488. The van der Waals surface area contributed by atoms with Crippen molar-refractivity contribution < 1.29 is 9.59 Å². The molecule has 2 heterocycles. The van der Waals surface area contributed by atoms with Crippen LogP contribution in [0.15, 0.2) is 29.1 Å². The third-order valence-electron chi connectivity index (χ3n) is 5.04. The zero-order valence-electron chi connectivity index (χ0n) is 14.8. The van der Waals surface area contributed by atoms with Crippen molar-refractivity contribution in [2.75, 3.05) is 20.6 Å². The van der Waals surface area contributed by atoms with Crippen LogP contribution in [0.1, 0.15) is 35.2 Å². The molecular formula is C19H23N3O3. The van der Waals surface area contributed by atoms with Crippen LogP contribution in [0, 0.1) is 6.92 Å². The fraction of sp³-hybridized carbons (Fsp3) is 0.421. The van der Waals surface area contributed by atoms with Crippen LogP contribution >= 0.6 is 0 Å². The monoisotopic (exact) mass is 341 g/mol. The van der Waals surface area contributed by atoms with Gasteiger partial charge < -0.3 is 14.8 Å². The molecule has 25 heavy (non-hydrogen) atoms. The number of likely N-dealkylation sites (N-methyl/N-ethyl adjacent to an activating group) is 2. The molecule has 0 aliphatic carbocycles. The molecule has 1 N–H and O–H groups in total. The van der Waals surface area contributed by atoms with E-state index in [2.05, 4.69) is 4.98 Å². The van der Waals surface area contributed by atoms with E-state index in [1.54, 1.807) is 32.0 Å². The number of amides is 2. The molecule has 3 rings (SSSR count). The van der Waals surface area contributed by atoms with Crippen molar-refractivity contribution in [3.8, 4) is 0 Å². The van der Waals surface area contributed by atoms with Crippen molar-refractivity contribution in [3.63, 3.8) is 0 Å². The van der Waals surface area contributed by atoms with Gasteiger partial charge in [0.25, 0.3) is 11.5 Å². The van der Waals surface area contributed by atoms with Gasteiger partial charge in [-0.1, -0.05) is 18.2 Å². The second kappa shape index (κ2) is 6.70. The van der Waals surface area contributed by atoms with Gasteiger partial charge in [0.15, 0.2) is 0 Å². The van der Waals surface area contributed by atoms with Crippen molar-refractivity contribution >= 4 is 22.7 Å². The molecule has 6 nitrogen and oxygen atoms in total. The molecule has 1 atom stereocenters. The molecule has 0 radical (unpaired) electrons. The number of nitrogens with zero attached hydrogens (tertiary/aromatic N) is 2. The van der Waals surface area contributed by atoms with Gasteiger partial charge in [0.2, 0.25) is 5.91 Å². The van der Waals surface area contributed by atoms with Crippen molar-refractivity contribution in [1.29, 1.82) is 0 Å². The molecule has 6 heteroatoms. The van der Waals surface area contributed by atoms with Crippen LogP contribution in [0.5, 0.6) is 0 Å². The van der Waals surface area contributed by atoms with Gasteiger partial charge in [-0.05, 0) is 32.3 Å². The van der Waals surface area contributed by atoms with Gasteiger partial charge in [-0.3, -0.25) is 14.4 Å². The van der Waals surface area contributed by atoms with Crippen LogP contribution in [-0.2, 0) is 4.79 Å². The van der Waals surface area contributed by atoms with Crippen molar-refractivity contribution in [3.05, 3.63) is 45.7 Å². The zero-order valence-corrected chi connectivity index (χ0v) is 14.8. The summed E-state index contributed by atoms with van der Waals surface area (Å²) in [6.07, 6.45) is 2.48. The zero-order chi connectivity index (χ0) is 18.1. The van der Waals surface area contributed by atoms with Crippen LogP contribution in [0.4, 0.5) is 0 Å². The lowest BCUT2D eigenvalue weighted by molar-refractivity contribution is -0.133. The van der Waals surface area contributed by atoms with Crippen LogP contribution in [-0.4, -0.2) is 53.3 Å². The van der Waals surface area contributed by atoms with Gasteiger partial charge in [-0.2, -0.15) is 0 Å². The molecule has 2 aromatic rings. The average Bonchev–Trinajstić information content (AvgIpc) is 2.77. The number of likely N-dealkylation sites (tertiary alicyclic amines) is 1. The summed E-state index contributed by atoms with van der Waals surface area (Å²) in [5.41, 5.74) is 1.10. The number of fused-ring (bicyclic) bond motifs is 1. The van der Waals surface area contributed by atoms with E-state index in [1.807, 2.05) is 18.2 Å². The van der Waals surface area contributed by atoms with E-state index in [9.17, 15) is 14.4 Å². The van der Waals surface area contributed by atoms with Crippen LogP contribution in [0.3, 0.4) is 0 Å². The van der Waals surface area contributed by atoms with Gasteiger partial charge in [0.05, 0.1) is 5.56 Å². The summed E-state index contributed by atoms with van der Waals surface area (Å²) in [6, 6.07) is 6.76. The highest BCUT2D eigenvalue weighted by atomic mass is 16.2. The van der Waals surface area contributed by atoms with E-state index in [0.29, 0.717) is 35.0 Å². The number of nitrogens with one attached hydrogen (secondary N) is 1. The summed E-state index contributed by atoms with van der Waals surface area (Å²) in [7, 11) is 3.42. The van der Waals surface area contributed by atoms with Gasteiger partial charge in [-0.15, -0.1) is 0 Å². The smallest absolute Gasteiger partial charge is 0.255 e. The Morgan fingerprint density at radius 2 is 1.96 bits per heavy atom. The first kappa shape index (κ1) is 17.2. The van der Waals surface area contributed by atoms with Crippen molar-refractivity contribution in [1.82, 2.24) is 14.8 Å². The molecule has 1 fully saturated rings. The fourth-order valence-corrected chi connectivity index (χ4v) is 3.47. The Labute approximate surface area is 146 Å². The molecule has 1 aliphatic heterocycles. The number of pyridine rings is 1. The Hall–Kier alpha value is -2.63. The summed E-state index contributed by atoms with van der Waals surface area (Å²) in [4.78, 5) is 44.0. The summed E-state index contributed by atoms with van der Waals surface area (Å²) in [6.45, 7) is 2.36. The molecule has 0 spiro atoms. The number of para-hydroxylation sites is 1. The van der Waals surface area contributed by atoms with E-state index in [-0.39, 0.29) is 17.4 Å². The van der Waals surface area contributed by atoms with Gasteiger partial charge in [-0.25, -0.2) is 0 Å². The first-order valence-corrected chi connectivity index (χ1v) is 8.55. The Bertz CT molecular complexity index is 887. The molecule has 1 aliphatic rings. The third-order valence-corrected chi connectivity index (χ3v) is 5.04.